The minimum atomic E-state index is -0.117. The number of hydrogen-bond acceptors (Lipinski definition) is 3. The van der Waals surface area contributed by atoms with Crippen LogP contribution in [0.3, 0.4) is 0 Å². The molecule has 0 aliphatic carbocycles. The molecule has 2 rings (SSSR count). The average molecular weight is 447 g/mol. The van der Waals surface area contributed by atoms with Gasteiger partial charge in [-0.25, -0.2) is 0 Å². The van der Waals surface area contributed by atoms with Crippen LogP contribution in [0.15, 0.2) is 35.3 Å². The van der Waals surface area contributed by atoms with Gasteiger partial charge in [0.25, 0.3) is 0 Å². The Kier molecular flexibility index (Phi) is 9.43. The molecule has 0 spiro atoms. The van der Waals surface area contributed by atoms with Gasteiger partial charge in [0.05, 0.1) is 18.7 Å². The molecule has 5 nitrogen and oxygen atoms in total. The lowest BCUT2D eigenvalue weighted by Crippen LogP contribution is -2.43. The summed E-state index contributed by atoms with van der Waals surface area (Å²) < 4.78 is 11.7. The average Bonchev–Trinajstić information content (AvgIpc) is 2.98. The topological polar surface area (TPSA) is 54.9 Å². The predicted molar refractivity (Wildman–Crippen MR) is 110 cm³/mol. The van der Waals surface area contributed by atoms with Gasteiger partial charge in [-0.1, -0.05) is 18.2 Å². The van der Waals surface area contributed by atoms with Gasteiger partial charge in [0.15, 0.2) is 5.96 Å². The summed E-state index contributed by atoms with van der Waals surface area (Å²) in [5.74, 6) is 1.70. The molecule has 0 amide bonds. The Morgan fingerprint density at radius 1 is 1.33 bits per heavy atom. The van der Waals surface area contributed by atoms with Crippen molar-refractivity contribution in [3.63, 3.8) is 0 Å². The van der Waals surface area contributed by atoms with Gasteiger partial charge < -0.3 is 20.1 Å². The molecule has 6 heteroatoms. The molecule has 1 aromatic carbocycles. The number of benzene rings is 1. The Morgan fingerprint density at radius 3 is 2.71 bits per heavy atom. The summed E-state index contributed by atoms with van der Waals surface area (Å²) in [5, 5.41) is 6.61. The second-order valence-electron chi connectivity index (χ2n) is 6.22. The molecule has 1 heterocycles. The zero-order valence-electron chi connectivity index (χ0n) is 14.9. The zero-order valence-corrected chi connectivity index (χ0v) is 17.2. The van der Waals surface area contributed by atoms with Gasteiger partial charge in [0.1, 0.15) is 11.9 Å². The summed E-state index contributed by atoms with van der Waals surface area (Å²) in [6, 6.07) is 9.87. The third-order valence-corrected chi connectivity index (χ3v) is 3.85. The Morgan fingerprint density at radius 2 is 2.08 bits per heavy atom. The highest BCUT2D eigenvalue weighted by Crippen LogP contribution is 2.24. The van der Waals surface area contributed by atoms with Crippen molar-refractivity contribution in [3.05, 3.63) is 30.3 Å². The first kappa shape index (κ1) is 21.0. The quantitative estimate of drug-likeness (QED) is 0.383. The fraction of sp³-hybridized carbons (Fsp3) is 0.611. The Balaban J connectivity index is 0.00000288. The van der Waals surface area contributed by atoms with E-state index in [0.717, 1.165) is 37.7 Å². The van der Waals surface area contributed by atoms with Crippen LogP contribution in [0.2, 0.25) is 0 Å². The van der Waals surface area contributed by atoms with Crippen molar-refractivity contribution in [2.24, 2.45) is 4.99 Å². The standard InChI is InChI=1S/C18H29N3O2.HI/c1-4-19-17(21-14-18(3)11-8-12-22-18)20-13-15(2)23-16-9-6-5-7-10-16;/h5-7,9-10,15H,4,8,11-14H2,1-3H3,(H2,19,20,21);1H. The van der Waals surface area contributed by atoms with Crippen molar-refractivity contribution < 1.29 is 9.47 Å². The van der Waals surface area contributed by atoms with Crippen LogP contribution >= 0.6 is 24.0 Å². The number of halogens is 1. The molecular formula is C18H30IN3O2. The molecular weight excluding hydrogens is 417 g/mol. The summed E-state index contributed by atoms with van der Waals surface area (Å²) in [6.07, 6.45) is 2.25. The van der Waals surface area contributed by atoms with Crippen LogP contribution in [-0.4, -0.2) is 43.9 Å². The van der Waals surface area contributed by atoms with Crippen molar-refractivity contribution in [1.82, 2.24) is 10.6 Å². The first-order chi connectivity index (χ1) is 11.1. The molecule has 0 radical (unpaired) electrons. The number of ether oxygens (including phenoxy) is 2. The monoisotopic (exact) mass is 447 g/mol. The number of nitrogens with zero attached hydrogens (tertiary/aromatic N) is 1. The van der Waals surface area contributed by atoms with E-state index in [2.05, 4.69) is 29.5 Å². The lowest BCUT2D eigenvalue weighted by Gasteiger charge is -2.22. The van der Waals surface area contributed by atoms with Gasteiger partial charge in [-0.3, -0.25) is 4.99 Å². The molecule has 1 fully saturated rings. The number of hydrogen-bond donors (Lipinski definition) is 2. The van der Waals surface area contributed by atoms with Crippen molar-refractivity contribution in [3.8, 4) is 5.75 Å². The van der Waals surface area contributed by atoms with E-state index in [4.69, 9.17) is 9.47 Å². The van der Waals surface area contributed by atoms with E-state index in [1.807, 2.05) is 37.3 Å². The van der Waals surface area contributed by atoms with Crippen molar-refractivity contribution in [2.75, 3.05) is 26.2 Å². The van der Waals surface area contributed by atoms with Crippen LogP contribution in [0, 0.1) is 0 Å². The van der Waals surface area contributed by atoms with Crippen molar-refractivity contribution in [1.29, 1.82) is 0 Å². The maximum Gasteiger partial charge on any atom is 0.191 e. The fourth-order valence-electron chi connectivity index (χ4n) is 2.56. The molecule has 2 atom stereocenters. The highest BCUT2D eigenvalue weighted by atomic mass is 127. The summed E-state index contributed by atoms with van der Waals surface area (Å²) in [6.45, 7) is 9.29. The van der Waals surface area contributed by atoms with Gasteiger partial charge in [-0.05, 0) is 45.7 Å². The second-order valence-corrected chi connectivity index (χ2v) is 6.22. The number of rotatable bonds is 7. The molecule has 136 valence electrons. The second kappa shape index (κ2) is 10.8. The van der Waals surface area contributed by atoms with Crippen molar-refractivity contribution in [2.45, 2.75) is 45.3 Å². The lowest BCUT2D eigenvalue weighted by molar-refractivity contribution is 0.0283. The Bertz CT molecular complexity index is 490. The van der Waals surface area contributed by atoms with Gasteiger partial charge in [0, 0.05) is 13.2 Å². The zero-order chi connectivity index (χ0) is 16.5. The number of guanidine groups is 1. The van der Waals surface area contributed by atoms with Gasteiger partial charge in [-0.2, -0.15) is 0 Å². The van der Waals surface area contributed by atoms with E-state index in [-0.39, 0.29) is 35.7 Å². The molecule has 1 aromatic rings. The van der Waals surface area contributed by atoms with Gasteiger partial charge >= 0.3 is 0 Å². The molecule has 1 aliphatic rings. The van der Waals surface area contributed by atoms with Crippen LogP contribution in [0.25, 0.3) is 0 Å². The summed E-state index contributed by atoms with van der Waals surface area (Å²) >= 11 is 0. The van der Waals surface area contributed by atoms with E-state index in [9.17, 15) is 0 Å². The fourth-order valence-corrected chi connectivity index (χ4v) is 2.56. The van der Waals surface area contributed by atoms with Crippen LogP contribution in [0.4, 0.5) is 0 Å². The molecule has 1 saturated heterocycles. The summed E-state index contributed by atoms with van der Waals surface area (Å²) in [5.41, 5.74) is -0.117. The minimum Gasteiger partial charge on any atom is -0.489 e. The Hall–Kier alpha value is -1.02. The van der Waals surface area contributed by atoms with Crippen LogP contribution in [0.5, 0.6) is 5.75 Å². The first-order valence-corrected chi connectivity index (χ1v) is 8.49. The molecule has 24 heavy (non-hydrogen) atoms. The normalized spacial score (nSPS) is 21.7. The van der Waals surface area contributed by atoms with Gasteiger partial charge in [-0.15, -0.1) is 24.0 Å². The molecule has 1 aliphatic heterocycles. The molecule has 0 aromatic heterocycles. The maximum absolute atomic E-state index is 5.87. The predicted octanol–water partition coefficient (Wildman–Crippen LogP) is 3.20. The van der Waals surface area contributed by atoms with Crippen molar-refractivity contribution >= 4 is 29.9 Å². The van der Waals surface area contributed by atoms with E-state index >= 15 is 0 Å². The summed E-state index contributed by atoms with van der Waals surface area (Å²) in [7, 11) is 0. The van der Waals surface area contributed by atoms with E-state index in [1.54, 1.807) is 0 Å². The Labute approximate surface area is 162 Å². The van der Waals surface area contributed by atoms with E-state index in [0.29, 0.717) is 13.1 Å². The number of para-hydroxylation sites is 1. The maximum atomic E-state index is 5.87. The molecule has 0 bridgehead atoms. The third kappa shape index (κ3) is 7.25. The molecule has 2 unspecified atom stereocenters. The minimum absolute atomic E-state index is 0. The van der Waals surface area contributed by atoms with Crippen LogP contribution in [-0.2, 0) is 4.74 Å². The first-order valence-electron chi connectivity index (χ1n) is 8.49. The van der Waals surface area contributed by atoms with E-state index in [1.165, 1.54) is 0 Å². The lowest BCUT2D eigenvalue weighted by atomic mass is 10.0. The number of aliphatic imine (C=N–C) groups is 1. The molecule has 0 saturated carbocycles. The smallest absolute Gasteiger partial charge is 0.191 e. The van der Waals surface area contributed by atoms with E-state index < -0.39 is 0 Å². The summed E-state index contributed by atoms with van der Waals surface area (Å²) in [4.78, 5) is 4.66. The third-order valence-electron chi connectivity index (χ3n) is 3.85. The highest BCUT2D eigenvalue weighted by Gasteiger charge is 2.29. The van der Waals surface area contributed by atoms with Crippen LogP contribution < -0.4 is 15.4 Å². The van der Waals surface area contributed by atoms with Crippen LogP contribution in [0.1, 0.15) is 33.6 Å². The highest BCUT2D eigenvalue weighted by molar-refractivity contribution is 14.0. The largest absolute Gasteiger partial charge is 0.489 e. The van der Waals surface area contributed by atoms with Gasteiger partial charge in [0.2, 0.25) is 0 Å². The SMILES string of the molecule is CCNC(=NCC1(C)CCCO1)NCC(C)Oc1ccccc1.I. The number of nitrogens with one attached hydrogen (secondary N) is 2. The molecule has 2 N–H and O–H groups in total.